The fourth-order valence-corrected chi connectivity index (χ4v) is 2.01. The molecule has 0 unspecified atom stereocenters. The number of aromatic nitrogens is 4. The summed E-state index contributed by atoms with van der Waals surface area (Å²) < 4.78 is 2.04. The van der Waals surface area contributed by atoms with Crippen LogP contribution in [0, 0.1) is 6.92 Å². The van der Waals surface area contributed by atoms with E-state index < -0.39 is 0 Å². The number of nitrogens with zero attached hydrogens (tertiary/aromatic N) is 5. The summed E-state index contributed by atoms with van der Waals surface area (Å²) in [7, 11) is 3.92. The van der Waals surface area contributed by atoms with E-state index in [2.05, 4.69) is 15.2 Å². The molecule has 5 heteroatoms. The topological polar surface area (TPSA) is 46.3 Å². The molecule has 0 atom stereocenters. The summed E-state index contributed by atoms with van der Waals surface area (Å²) in [6.07, 6.45) is 0. The Hall–Kier alpha value is -2.17. The number of hydrogen-bond donors (Lipinski definition) is 0. The molecule has 0 spiro atoms. The van der Waals surface area contributed by atoms with Gasteiger partial charge in [0.05, 0.1) is 11.0 Å². The first-order valence-corrected chi connectivity index (χ1v) is 5.46. The van der Waals surface area contributed by atoms with Gasteiger partial charge in [0.25, 0.3) is 0 Å². The standard InChI is InChI=1S/C12H13N5/c1-8-14-15-12-11(16(2)3)13-9-6-4-5-7-10(9)17(8)12/h4-7H,1-3H3. The van der Waals surface area contributed by atoms with Gasteiger partial charge in [0, 0.05) is 14.1 Å². The van der Waals surface area contributed by atoms with Crippen LogP contribution in [0.1, 0.15) is 5.82 Å². The van der Waals surface area contributed by atoms with E-state index in [1.54, 1.807) is 0 Å². The fourth-order valence-electron chi connectivity index (χ4n) is 2.01. The second-order valence-electron chi connectivity index (χ2n) is 4.22. The third kappa shape index (κ3) is 1.35. The van der Waals surface area contributed by atoms with Gasteiger partial charge >= 0.3 is 0 Å². The molecule has 86 valence electrons. The lowest BCUT2D eigenvalue weighted by Gasteiger charge is -2.13. The second-order valence-corrected chi connectivity index (χ2v) is 4.22. The fraction of sp³-hybridized carbons (Fsp3) is 0.250. The van der Waals surface area contributed by atoms with Crippen molar-refractivity contribution in [3.8, 4) is 0 Å². The largest absolute Gasteiger partial charge is 0.360 e. The summed E-state index contributed by atoms with van der Waals surface area (Å²) in [5.41, 5.74) is 2.79. The highest BCUT2D eigenvalue weighted by molar-refractivity contribution is 5.83. The van der Waals surface area contributed by atoms with Crippen LogP contribution in [0.15, 0.2) is 24.3 Å². The molecule has 2 heterocycles. The van der Waals surface area contributed by atoms with Gasteiger partial charge in [-0.2, -0.15) is 0 Å². The molecule has 1 aromatic carbocycles. The van der Waals surface area contributed by atoms with Gasteiger partial charge in [0.1, 0.15) is 5.82 Å². The maximum atomic E-state index is 4.62. The van der Waals surface area contributed by atoms with Crippen molar-refractivity contribution < 1.29 is 0 Å². The van der Waals surface area contributed by atoms with Gasteiger partial charge in [-0.1, -0.05) is 12.1 Å². The van der Waals surface area contributed by atoms with E-state index in [0.29, 0.717) is 0 Å². The van der Waals surface area contributed by atoms with Crippen LogP contribution in [0.4, 0.5) is 5.82 Å². The molecule has 0 amide bonds. The maximum Gasteiger partial charge on any atom is 0.204 e. The van der Waals surface area contributed by atoms with Crippen LogP contribution >= 0.6 is 0 Å². The van der Waals surface area contributed by atoms with E-state index in [0.717, 1.165) is 28.3 Å². The quantitative estimate of drug-likeness (QED) is 0.634. The number of fused-ring (bicyclic) bond motifs is 3. The predicted molar refractivity (Wildman–Crippen MR) is 67.4 cm³/mol. The smallest absolute Gasteiger partial charge is 0.204 e. The molecule has 0 aliphatic heterocycles. The predicted octanol–water partition coefficient (Wildman–Crippen LogP) is 1.65. The zero-order valence-electron chi connectivity index (χ0n) is 10.0. The molecule has 0 radical (unpaired) electrons. The molecule has 0 aliphatic carbocycles. The van der Waals surface area contributed by atoms with Crippen LogP contribution in [0.3, 0.4) is 0 Å². The van der Waals surface area contributed by atoms with E-state index in [1.807, 2.05) is 54.6 Å². The lowest BCUT2D eigenvalue weighted by atomic mass is 10.3. The van der Waals surface area contributed by atoms with Crippen LogP contribution in [0.25, 0.3) is 16.7 Å². The van der Waals surface area contributed by atoms with Crippen LogP contribution in [0.2, 0.25) is 0 Å². The molecule has 0 saturated heterocycles. The summed E-state index contributed by atoms with van der Waals surface area (Å²) in [6, 6.07) is 8.02. The number of aryl methyl sites for hydroxylation is 1. The molecule has 17 heavy (non-hydrogen) atoms. The minimum atomic E-state index is 0.797. The zero-order chi connectivity index (χ0) is 12.0. The van der Waals surface area contributed by atoms with Gasteiger partial charge in [0.15, 0.2) is 5.82 Å². The van der Waals surface area contributed by atoms with Gasteiger partial charge in [-0.25, -0.2) is 4.98 Å². The number of benzene rings is 1. The van der Waals surface area contributed by atoms with Gasteiger partial charge < -0.3 is 4.90 Å². The Morgan fingerprint density at radius 3 is 2.65 bits per heavy atom. The maximum absolute atomic E-state index is 4.62. The Morgan fingerprint density at radius 2 is 1.88 bits per heavy atom. The van der Waals surface area contributed by atoms with Crippen molar-refractivity contribution in [2.45, 2.75) is 6.92 Å². The summed E-state index contributed by atoms with van der Waals surface area (Å²) in [5, 5.41) is 8.33. The van der Waals surface area contributed by atoms with Crippen molar-refractivity contribution in [2.75, 3.05) is 19.0 Å². The Bertz CT molecular complexity index is 699. The van der Waals surface area contributed by atoms with E-state index >= 15 is 0 Å². The molecule has 0 saturated carbocycles. The van der Waals surface area contributed by atoms with Crippen LogP contribution in [-0.2, 0) is 0 Å². The molecule has 2 aromatic heterocycles. The van der Waals surface area contributed by atoms with Gasteiger partial charge in [-0.3, -0.25) is 4.40 Å². The van der Waals surface area contributed by atoms with Crippen molar-refractivity contribution in [3.63, 3.8) is 0 Å². The molecule has 3 aromatic rings. The zero-order valence-corrected chi connectivity index (χ0v) is 10.0. The van der Waals surface area contributed by atoms with Crippen LogP contribution in [0.5, 0.6) is 0 Å². The van der Waals surface area contributed by atoms with Crippen molar-refractivity contribution in [1.29, 1.82) is 0 Å². The van der Waals surface area contributed by atoms with E-state index in [9.17, 15) is 0 Å². The molecule has 0 aliphatic rings. The summed E-state index contributed by atoms with van der Waals surface area (Å²) >= 11 is 0. The van der Waals surface area contributed by atoms with Crippen molar-refractivity contribution in [3.05, 3.63) is 30.1 Å². The van der Waals surface area contributed by atoms with E-state index in [1.165, 1.54) is 0 Å². The van der Waals surface area contributed by atoms with Gasteiger partial charge in [-0.05, 0) is 19.1 Å². The summed E-state index contributed by atoms with van der Waals surface area (Å²) in [6.45, 7) is 1.95. The average molecular weight is 227 g/mol. The molecular formula is C12H13N5. The lowest BCUT2D eigenvalue weighted by molar-refractivity contribution is 1.02. The molecule has 3 rings (SSSR count). The molecule has 0 bridgehead atoms. The van der Waals surface area contributed by atoms with E-state index in [-0.39, 0.29) is 0 Å². The highest BCUT2D eigenvalue weighted by Crippen LogP contribution is 2.22. The Balaban J connectivity index is 2.57. The van der Waals surface area contributed by atoms with Gasteiger partial charge in [0.2, 0.25) is 5.65 Å². The highest BCUT2D eigenvalue weighted by Gasteiger charge is 2.13. The average Bonchev–Trinajstić information content (AvgIpc) is 2.71. The molecule has 5 nitrogen and oxygen atoms in total. The Kier molecular flexibility index (Phi) is 2.01. The summed E-state index contributed by atoms with van der Waals surface area (Å²) in [5.74, 6) is 1.71. The molecule has 0 fully saturated rings. The lowest BCUT2D eigenvalue weighted by Crippen LogP contribution is -2.13. The first-order chi connectivity index (χ1) is 8.18. The monoisotopic (exact) mass is 227 g/mol. The third-order valence-corrected chi connectivity index (χ3v) is 2.80. The molecular weight excluding hydrogens is 214 g/mol. The number of anilines is 1. The minimum absolute atomic E-state index is 0.797. The van der Waals surface area contributed by atoms with Gasteiger partial charge in [-0.15, -0.1) is 10.2 Å². The normalized spacial score (nSPS) is 11.2. The van der Waals surface area contributed by atoms with Crippen LogP contribution < -0.4 is 4.90 Å². The third-order valence-electron chi connectivity index (χ3n) is 2.80. The van der Waals surface area contributed by atoms with Crippen molar-refractivity contribution in [1.82, 2.24) is 19.6 Å². The second kappa shape index (κ2) is 3.41. The first kappa shape index (κ1) is 10.0. The SMILES string of the molecule is Cc1nnc2c(N(C)C)nc3ccccc3n12. The summed E-state index contributed by atoms with van der Waals surface area (Å²) in [4.78, 5) is 6.57. The number of para-hydroxylation sites is 2. The Labute approximate surface area is 98.7 Å². The first-order valence-electron chi connectivity index (χ1n) is 5.46. The minimum Gasteiger partial charge on any atom is -0.360 e. The number of rotatable bonds is 1. The van der Waals surface area contributed by atoms with Crippen molar-refractivity contribution in [2.24, 2.45) is 0 Å². The molecule has 0 N–H and O–H groups in total. The van der Waals surface area contributed by atoms with Crippen molar-refractivity contribution >= 4 is 22.5 Å². The van der Waals surface area contributed by atoms with Crippen LogP contribution in [-0.4, -0.2) is 33.7 Å². The highest BCUT2D eigenvalue weighted by atomic mass is 15.3. The number of hydrogen-bond acceptors (Lipinski definition) is 4. The van der Waals surface area contributed by atoms with E-state index in [4.69, 9.17) is 0 Å². The Morgan fingerprint density at radius 1 is 1.12 bits per heavy atom.